The maximum Gasteiger partial charge on any atom is 0.254 e. The summed E-state index contributed by atoms with van der Waals surface area (Å²) >= 11 is 6.04. The van der Waals surface area contributed by atoms with Gasteiger partial charge in [-0.2, -0.15) is 0 Å². The van der Waals surface area contributed by atoms with Crippen LogP contribution in [0.5, 0.6) is 0 Å². The molecule has 2 spiro atoms. The van der Waals surface area contributed by atoms with Crippen LogP contribution in [0.25, 0.3) is 0 Å². The summed E-state index contributed by atoms with van der Waals surface area (Å²) in [7, 11) is 0. The van der Waals surface area contributed by atoms with Crippen LogP contribution in [0.2, 0.25) is 5.15 Å². The van der Waals surface area contributed by atoms with Gasteiger partial charge < -0.3 is 10.2 Å². The van der Waals surface area contributed by atoms with Crippen molar-refractivity contribution in [1.82, 2.24) is 25.0 Å². The highest BCUT2D eigenvalue weighted by molar-refractivity contribution is 6.29. The molecular formula is C48H52ClF2N5O. The van der Waals surface area contributed by atoms with E-state index in [1.54, 1.807) is 30.5 Å². The molecule has 4 fully saturated rings. The Morgan fingerprint density at radius 1 is 0.684 bits per heavy atom. The van der Waals surface area contributed by atoms with Crippen LogP contribution in [-0.4, -0.2) is 77.9 Å². The van der Waals surface area contributed by atoms with E-state index in [4.69, 9.17) is 11.6 Å². The summed E-state index contributed by atoms with van der Waals surface area (Å²) in [5.41, 5.74) is 6.00. The van der Waals surface area contributed by atoms with Crippen molar-refractivity contribution in [3.8, 4) is 0 Å². The number of halogens is 3. The van der Waals surface area contributed by atoms with E-state index in [0.29, 0.717) is 35.1 Å². The molecule has 0 radical (unpaired) electrons. The minimum atomic E-state index is -0.233. The number of nitrogens with one attached hydrogen (secondary N) is 1. The van der Waals surface area contributed by atoms with Crippen LogP contribution in [0.1, 0.15) is 70.1 Å². The zero-order chi connectivity index (χ0) is 39.2. The van der Waals surface area contributed by atoms with E-state index >= 15 is 0 Å². The minimum Gasteiger partial charge on any atom is -0.337 e. The molecule has 1 N–H and O–H groups in total. The van der Waals surface area contributed by atoms with Crippen LogP contribution in [0.15, 0.2) is 128 Å². The molecule has 0 saturated carbocycles. The SMILES string of the molecule is Fc1ccc(C2CNCC23CCN(Cc2ccccc2)CC3)cc1.O=C(c1ccnc(Cl)c1)N1CC(c2ccc(F)cc2)C2(CCN(Cc3ccccc3)CC2)C1. The number of likely N-dealkylation sites (tertiary alicyclic amines) is 3. The summed E-state index contributed by atoms with van der Waals surface area (Å²) in [6.45, 7) is 9.68. The summed E-state index contributed by atoms with van der Waals surface area (Å²) in [6, 6.07) is 38.6. The number of rotatable bonds is 7. The first kappa shape index (κ1) is 39.4. The Morgan fingerprint density at radius 3 is 1.72 bits per heavy atom. The lowest BCUT2D eigenvalue weighted by atomic mass is 9.68. The molecule has 1 aromatic heterocycles. The second-order valence-electron chi connectivity index (χ2n) is 16.6. The second-order valence-corrected chi connectivity index (χ2v) is 17.0. The monoisotopic (exact) mass is 787 g/mol. The number of aromatic nitrogens is 1. The van der Waals surface area contributed by atoms with Crippen molar-refractivity contribution in [2.45, 2.75) is 50.6 Å². The Labute approximate surface area is 340 Å². The molecule has 5 aromatic rings. The lowest BCUT2D eigenvalue weighted by Gasteiger charge is -2.43. The molecule has 4 aliphatic rings. The van der Waals surface area contributed by atoms with E-state index in [-0.39, 0.29) is 28.9 Å². The highest BCUT2D eigenvalue weighted by Gasteiger charge is 2.50. The number of amides is 1. The average Bonchev–Trinajstić information content (AvgIpc) is 3.82. The van der Waals surface area contributed by atoms with Crippen LogP contribution in [0.3, 0.4) is 0 Å². The molecular weight excluding hydrogens is 736 g/mol. The predicted molar refractivity (Wildman–Crippen MR) is 223 cm³/mol. The first-order chi connectivity index (χ1) is 27.8. The van der Waals surface area contributed by atoms with Gasteiger partial charge in [0.1, 0.15) is 16.8 Å². The molecule has 296 valence electrons. The third kappa shape index (κ3) is 9.15. The quantitative estimate of drug-likeness (QED) is 0.167. The van der Waals surface area contributed by atoms with Crippen molar-refractivity contribution in [3.05, 3.63) is 172 Å². The van der Waals surface area contributed by atoms with Gasteiger partial charge in [-0.05, 0) is 121 Å². The van der Waals surface area contributed by atoms with Gasteiger partial charge in [0.15, 0.2) is 0 Å². The van der Waals surface area contributed by atoms with Gasteiger partial charge in [0.05, 0.1) is 0 Å². The van der Waals surface area contributed by atoms with Crippen molar-refractivity contribution >= 4 is 17.5 Å². The molecule has 2 atom stereocenters. The summed E-state index contributed by atoms with van der Waals surface area (Å²) in [4.78, 5) is 24.3. The van der Waals surface area contributed by atoms with E-state index in [1.807, 2.05) is 35.2 Å². The third-order valence-corrected chi connectivity index (χ3v) is 13.4. The Hall–Kier alpha value is -4.47. The zero-order valence-electron chi connectivity index (χ0n) is 32.5. The van der Waals surface area contributed by atoms with Crippen molar-refractivity contribution in [2.24, 2.45) is 10.8 Å². The van der Waals surface area contributed by atoms with Crippen molar-refractivity contribution < 1.29 is 13.6 Å². The molecule has 1 amide bonds. The van der Waals surface area contributed by atoms with Crippen LogP contribution in [-0.2, 0) is 13.1 Å². The molecule has 0 bridgehead atoms. The average molecular weight is 788 g/mol. The zero-order valence-corrected chi connectivity index (χ0v) is 33.3. The van der Waals surface area contributed by atoms with Crippen LogP contribution < -0.4 is 5.32 Å². The van der Waals surface area contributed by atoms with Gasteiger partial charge in [0, 0.05) is 62.9 Å². The van der Waals surface area contributed by atoms with E-state index in [2.05, 4.69) is 74.7 Å². The van der Waals surface area contributed by atoms with Crippen molar-refractivity contribution in [2.75, 3.05) is 52.4 Å². The molecule has 4 aliphatic heterocycles. The van der Waals surface area contributed by atoms with Crippen molar-refractivity contribution in [1.29, 1.82) is 0 Å². The van der Waals surface area contributed by atoms with Gasteiger partial charge in [0.25, 0.3) is 5.91 Å². The number of carbonyl (C=O) groups is 1. The fourth-order valence-corrected chi connectivity index (χ4v) is 10.2. The molecule has 6 nitrogen and oxygen atoms in total. The summed E-state index contributed by atoms with van der Waals surface area (Å²) in [5, 5.41) is 3.92. The van der Waals surface area contributed by atoms with E-state index in [1.165, 1.54) is 41.7 Å². The topological polar surface area (TPSA) is 51.7 Å². The van der Waals surface area contributed by atoms with Gasteiger partial charge in [-0.25, -0.2) is 13.8 Å². The summed E-state index contributed by atoms with van der Waals surface area (Å²) < 4.78 is 26.9. The number of hydrogen-bond acceptors (Lipinski definition) is 5. The van der Waals surface area contributed by atoms with Crippen LogP contribution >= 0.6 is 11.6 Å². The Balaban J connectivity index is 0.000000168. The number of pyridine rings is 1. The molecule has 4 saturated heterocycles. The first-order valence-electron chi connectivity index (χ1n) is 20.4. The fourth-order valence-electron chi connectivity index (χ4n) is 10.00. The number of carbonyl (C=O) groups excluding carboxylic acids is 1. The smallest absolute Gasteiger partial charge is 0.254 e. The Morgan fingerprint density at radius 2 is 1.19 bits per heavy atom. The summed E-state index contributed by atoms with van der Waals surface area (Å²) in [5.74, 6) is 0.296. The van der Waals surface area contributed by atoms with Gasteiger partial charge in [0.2, 0.25) is 0 Å². The molecule has 57 heavy (non-hydrogen) atoms. The maximum absolute atomic E-state index is 13.6. The molecule has 9 heteroatoms. The van der Waals surface area contributed by atoms with Gasteiger partial charge in [-0.15, -0.1) is 0 Å². The molecule has 0 aliphatic carbocycles. The number of benzene rings is 4. The highest BCUT2D eigenvalue weighted by atomic mass is 35.5. The molecule has 5 heterocycles. The van der Waals surface area contributed by atoms with Crippen LogP contribution in [0.4, 0.5) is 8.78 Å². The normalized spacial score (nSPS) is 21.7. The van der Waals surface area contributed by atoms with Crippen LogP contribution in [0, 0.1) is 22.5 Å². The van der Waals surface area contributed by atoms with Gasteiger partial charge in [-0.1, -0.05) is 96.5 Å². The third-order valence-electron chi connectivity index (χ3n) is 13.2. The Kier molecular flexibility index (Phi) is 12.1. The number of piperidine rings is 2. The second kappa shape index (κ2) is 17.6. The van der Waals surface area contributed by atoms with E-state index < -0.39 is 0 Å². The molecule has 9 rings (SSSR count). The highest BCUT2D eigenvalue weighted by Crippen LogP contribution is 2.50. The van der Waals surface area contributed by atoms with Gasteiger partial charge in [-0.3, -0.25) is 14.6 Å². The first-order valence-corrected chi connectivity index (χ1v) is 20.8. The maximum atomic E-state index is 13.6. The fraction of sp³-hybridized carbons (Fsp3) is 0.375. The van der Waals surface area contributed by atoms with E-state index in [0.717, 1.165) is 70.8 Å². The molecule has 2 unspecified atom stereocenters. The number of nitrogens with zero attached hydrogens (tertiary/aromatic N) is 4. The predicted octanol–water partition coefficient (Wildman–Crippen LogP) is 9.19. The van der Waals surface area contributed by atoms with Crippen molar-refractivity contribution in [3.63, 3.8) is 0 Å². The lowest BCUT2D eigenvalue weighted by Crippen LogP contribution is -2.43. The lowest BCUT2D eigenvalue weighted by molar-refractivity contribution is 0.0700. The molecule has 4 aromatic carbocycles. The Bertz CT molecular complexity index is 2070. The standard InChI is InChI=1S/C27H27ClFN3O.C21H25FN2/c28-25-16-22(10-13-30-25)26(33)32-18-24(21-6-8-23(29)9-7-21)27(19-32)11-14-31(15-12-27)17-20-4-2-1-3-5-20;22-19-8-6-18(7-9-19)20-14-23-16-21(20)10-12-24(13-11-21)15-17-4-2-1-3-5-17/h1-10,13,16,24H,11-12,14-15,17-19H2;1-9,20,23H,10-16H2. The van der Waals surface area contributed by atoms with Gasteiger partial charge >= 0.3 is 0 Å². The summed E-state index contributed by atoms with van der Waals surface area (Å²) in [6.07, 6.45) is 6.01. The largest absolute Gasteiger partial charge is 0.337 e. The van der Waals surface area contributed by atoms with E-state index in [9.17, 15) is 13.6 Å². The minimum absolute atomic E-state index is 0.0164. The number of hydrogen-bond donors (Lipinski definition) is 1.